The number of hydrogen-bond donors (Lipinski definition) is 2. The van der Waals surface area contributed by atoms with Crippen LogP contribution in [0.25, 0.3) is 0 Å². The van der Waals surface area contributed by atoms with E-state index in [2.05, 4.69) is 5.32 Å². The van der Waals surface area contributed by atoms with Crippen LogP contribution in [0.15, 0.2) is 29.2 Å². The molecule has 2 N–H and O–H groups in total. The molecule has 1 rings (SSSR count). The largest absolute Gasteiger partial charge is 0.480 e. The van der Waals surface area contributed by atoms with E-state index < -0.39 is 21.3 Å². The molecule has 0 atom stereocenters. The predicted molar refractivity (Wildman–Crippen MR) is 82.5 cm³/mol. The number of hydrogen-bond acceptors (Lipinski definition) is 4. The summed E-state index contributed by atoms with van der Waals surface area (Å²) in [6.07, 6.45) is 0.777. The maximum Gasteiger partial charge on any atom is 0.323 e. The van der Waals surface area contributed by atoms with Crippen molar-refractivity contribution in [3.8, 4) is 0 Å². The molecule has 5 nitrogen and oxygen atoms in total. The molecule has 0 aromatic heterocycles. The quantitative estimate of drug-likeness (QED) is 0.763. The van der Waals surface area contributed by atoms with Crippen molar-refractivity contribution in [3.63, 3.8) is 0 Å². The zero-order valence-electron chi connectivity index (χ0n) is 12.1. The van der Waals surface area contributed by atoms with E-state index in [1.807, 2.05) is 0 Å². The molecule has 21 heavy (non-hydrogen) atoms. The van der Waals surface area contributed by atoms with Crippen molar-refractivity contribution < 1.29 is 18.3 Å². The minimum absolute atomic E-state index is 0.0823. The minimum Gasteiger partial charge on any atom is -0.480 e. The maximum atomic E-state index is 12.1. The molecule has 0 radical (unpaired) electrons. The van der Waals surface area contributed by atoms with Crippen LogP contribution < -0.4 is 5.32 Å². The lowest BCUT2D eigenvalue weighted by Gasteiger charge is -2.28. The summed E-state index contributed by atoms with van der Waals surface area (Å²) < 4.78 is 24.3. The monoisotopic (exact) mass is 333 g/mol. The first-order valence-corrected chi connectivity index (χ1v) is 8.77. The number of halogens is 1. The number of benzene rings is 1. The molecule has 0 spiro atoms. The second kappa shape index (κ2) is 7.24. The second-order valence-electron chi connectivity index (χ2n) is 4.79. The Balaban J connectivity index is 2.74. The summed E-state index contributed by atoms with van der Waals surface area (Å²) in [5.41, 5.74) is -1.07. The van der Waals surface area contributed by atoms with E-state index in [1.165, 1.54) is 24.3 Å². The summed E-state index contributed by atoms with van der Waals surface area (Å²) in [6, 6.07) is 5.92. The molecule has 0 fully saturated rings. The van der Waals surface area contributed by atoms with Crippen LogP contribution in [-0.2, 0) is 14.6 Å². The van der Waals surface area contributed by atoms with Crippen molar-refractivity contribution in [3.05, 3.63) is 29.3 Å². The fraction of sp³-hybridized carbons (Fsp3) is 0.500. The van der Waals surface area contributed by atoms with Gasteiger partial charge in [0.1, 0.15) is 5.54 Å². The average Bonchev–Trinajstić information content (AvgIpc) is 2.44. The average molecular weight is 334 g/mol. The molecule has 0 unspecified atom stereocenters. The van der Waals surface area contributed by atoms with Crippen LogP contribution in [0.3, 0.4) is 0 Å². The predicted octanol–water partition coefficient (Wildman–Crippen LogP) is 2.35. The summed E-state index contributed by atoms with van der Waals surface area (Å²) >= 11 is 5.73. The summed E-state index contributed by atoms with van der Waals surface area (Å²) in [4.78, 5) is 11.5. The van der Waals surface area contributed by atoms with Gasteiger partial charge in [-0.1, -0.05) is 25.4 Å². The van der Waals surface area contributed by atoms with Crippen molar-refractivity contribution in [2.45, 2.75) is 37.1 Å². The van der Waals surface area contributed by atoms with E-state index in [0.717, 1.165) is 0 Å². The normalized spacial score (nSPS) is 12.3. The fourth-order valence-corrected chi connectivity index (χ4v) is 3.35. The molecule has 0 aliphatic heterocycles. The number of carboxylic acids is 1. The molecule has 0 aliphatic rings. The van der Waals surface area contributed by atoms with Crippen LogP contribution in [0.5, 0.6) is 0 Å². The highest BCUT2D eigenvalue weighted by Crippen LogP contribution is 2.17. The molecule has 7 heteroatoms. The Morgan fingerprint density at radius 3 is 2.19 bits per heavy atom. The third-order valence-corrected chi connectivity index (χ3v) is 5.61. The van der Waals surface area contributed by atoms with Crippen LogP contribution in [0.4, 0.5) is 0 Å². The molecular formula is C14H20ClNO4S. The zero-order chi connectivity index (χ0) is 16.1. The standard InChI is InChI=1S/C14H20ClNO4S/c1-3-14(4-2,13(17)18)16-9-10-21(19,20)12-7-5-11(15)6-8-12/h5-8,16H,3-4,9-10H2,1-2H3,(H,17,18). The molecule has 1 aromatic carbocycles. The van der Waals surface area contributed by atoms with Gasteiger partial charge in [-0.2, -0.15) is 0 Å². The first kappa shape index (κ1) is 17.9. The summed E-state index contributed by atoms with van der Waals surface area (Å²) in [5.74, 6) is -1.12. The van der Waals surface area contributed by atoms with Gasteiger partial charge in [0.05, 0.1) is 10.6 Å². The van der Waals surface area contributed by atoms with Gasteiger partial charge in [0.25, 0.3) is 0 Å². The van der Waals surface area contributed by atoms with Crippen molar-refractivity contribution in [1.29, 1.82) is 0 Å². The van der Waals surface area contributed by atoms with E-state index in [1.54, 1.807) is 13.8 Å². The van der Waals surface area contributed by atoms with Crippen LogP contribution in [0, 0.1) is 0 Å². The van der Waals surface area contributed by atoms with Crippen LogP contribution in [0.2, 0.25) is 5.02 Å². The Morgan fingerprint density at radius 2 is 1.76 bits per heavy atom. The van der Waals surface area contributed by atoms with E-state index in [9.17, 15) is 18.3 Å². The molecule has 118 valence electrons. The lowest BCUT2D eigenvalue weighted by molar-refractivity contribution is -0.145. The van der Waals surface area contributed by atoms with Crippen molar-refractivity contribution >= 4 is 27.4 Å². The van der Waals surface area contributed by atoms with Gasteiger partial charge in [-0.15, -0.1) is 0 Å². The Morgan fingerprint density at radius 1 is 1.24 bits per heavy atom. The number of nitrogens with one attached hydrogen (secondary N) is 1. The van der Waals surface area contributed by atoms with E-state index >= 15 is 0 Å². The van der Waals surface area contributed by atoms with E-state index in [-0.39, 0.29) is 17.2 Å². The smallest absolute Gasteiger partial charge is 0.323 e. The lowest BCUT2D eigenvalue weighted by atomic mass is 9.93. The van der Waals surface area contributed by atoms with E-state index in [0.29, 0.717) is 17.9 Å². The third-order valence-electron chi connectivity index (χ3n) is 3.62. The van der Waals surface area contributed by atoms with Crippen LogP contribution >= 0.6 is 11.6 Å². The van der Waals surface area contributed by atoms with Gasteiger partial charge in [-0.3, -0.25) is 4.79 Å². The lowest BCUT2D eigenvalue weighted by Crippen LogP contribution is -2.52. The molecule has 0 bridgehead atoms. The van der Waals surface area contributed by atoms with Gasteiger partial charge in [0, 0.05) is 11.6 Å². The molecule has 0 saturated heterocycles. The van der Waals surface area contributed by atoms with Crippen molar-refractivity contribution in [1.82, 2.24) is 5.32 Å². The first-order valence-electron chi connectivity index (χ1n) is 6.74. The summed E-state index contributed by atoms with van der Waals surface area (Å²) in [7, 11) is -3.46. The Kier molecular flexibility index (Phi) is 6.19. The Hall–Kier alpha value is -1.11. The van der Waals surface area contributed by atoms with E-state index in [4.69, 9.17) is 11.6 Å². The van der Waals surface area contributed by atoms with Crippen LogP contribution in [-0.4, -0.2) is 37.3 Å². The summed E-state index contributed by atoms with van der Waals surface area (Å²) in [6.45, 7) is 3.61. The molecule has 0 saturated carbocycles. The second-order valence-corrected chi connectivity index (χ2v) is 7.34. The highest BCUT2D eigenvalue weighted by molar-refractivity contribution is 7.91. The number of carbonyl (C=O) groups is 1. The van der Waals surface area contributed by atoms with Crippen LogP contribution in [0.1, 0.15) is 26.7 Å². The van der Waals surface area contributed by atoms with Gasteiger partial charge in [-0.05, 0) is 37.1 Å². The zero-order valence-corrected chi connectivity index (χ0v) is 13.7. The molecule has 0 amide bonds. The first-order chi connectivity index (χ1) is 9.77. The topological polar surface area (TPSA) is 83.5 Å². The molecular weight excluding hydrogens is 314 g/mol. The van der Waals surface area contributed by atoms with Gasteiger partial charge in [0.2, 0.25) is 0 Å². The highest BCUT2D eigenvalue weighted by atomic mass is 35.5. The SMILES string of the molecule is CCC(CC)(NCCS(=O)(=O)c1ccc(Cl)cc1)C(=O)O. The number of sulfone groups is 1. The molecule has 0 heterocycles. The van der Waals surface area contributed by atoms with Crippen molar-refractivity contribution in [2.24, 2.45) is 0 Å². The number of aliphatic carboxylic acids is 1. The molecule has 1 aromatic rings. The Bertz CT molecular complexity index is 579. The molecule has 0 aliphatic carbocycles. The maximum absolute atomic E-state index is 12.1. The van der Waals surface area contributed by atoms with Gasteiger partial charge in [0.15, 0.2) is 9.84 Å². The fourth-order valence-electron chi connectivity index (χ4n) is 2.06. The van der Waals surface area contributed by atoms with Gasteiger partial charge >= 0.3 is 5.97 Å². The van der Waals surface area contributed by atoms with Crippen molar-refractivity contribution in [2.75, 3.05) is 12.3 Å². The Labute approximate surface area is 130 Å². The minimum atomic E-state index is -3.46. The van der Waals surface area contributed by atoms with Gasteiger partial charge < -0.3 is 10.4 Å². The van der Waals surface area contributed by atoms with Gasteiger partial charge in [-0.25, -0.2) is 8.42 Å². The highest BCUT2D eigenvalue weighted by Gasteiger charge is 2.34. The third kappa shape index (κ3) is 4.43. The summed E-state index contributed by atoms with van der Waals surface area (Å²) in [5, 5.41) is 12.6. The number of carboxylic acid groups (broad SMARTS) is 1. The number of rotatable bonds is 8.